The number of carbonyl (C=O) groups is 1. The van der Waals surface area contributed by atoms with Crippen molar-refractivity contribution in [1.82, 2.24) is 9.80 Å². The summed E-state index contributed by atoms with van der Waals surface area (Å²) in [6.45, 7) is 9.85. The molecule has 1 aromatic rings. The molecule has 1 N–H and O–H groups in total. The quantitative estimate of drug-likeness (QED) is 0.709. The maximum atomic E-state index is 12.4. The van der Waals surface area contributed by atoms with Crippen LogP contribution in [0, 0.1) is 0 Å². The summed E-state index contributed by atoms with van der Waals surface area (Å²) in [4.78, 5) is 17.4. The first kappa shape index (κ1) is 16.9. The summed E-state index contributed by atoms with van der Waals surface area (Å²) >= 11 is 1.65. The van der Waals surface area contributed by atoms with E-state index in [2.05, 4.69) is 6.58 Å². The lowest BCUT2D eigenvalue weighted by molar-refractivity contribution is -0.133. The number of aliphatic hydroxyl groups is 1. The smallest absolute Gasteiger partial charge is 0.237 e. The predicted octanol–water partition coefficient (Wildman–Crippen LogP) is 1.97. The summed E-state index contributed by atoms with van der Waals surface area (Å²) in [7, 11) is 0. The highest BCUT2D eigenvalue weighted by molar-refractivity contribution is 7.09. The summed E-state index contributed by atoms with van der Waals surface area (Å²) < 4.78 is 0. The fourth-order valence-corrected chi connectivity index (χ4v) is 2.64. The minimum absolute atomic E-state index is 0.0673. The molecule has 0 aliphatic carbocycles. The molecule has 4 nitrogen and oxygen atoms in total. The normalized spacial score (nSPS) is 11.1. The Balaban J connectivity index is 2.65. The van der Waals surface area contributed by atoms with Gasteiger partial charge in [-0.15, -0.1) is 17.9 Å². The number of nitrogens with zero attached hydrogens (tertiary/aromatic N) is 2. The highest BCUT2D eigenvalue weighted by atomic mass is 32.1. The van der Waals surface area contributed by atoms with Crippen LogP contribution < -0.4 is 0 Å². The predicted molar refractivity (Wildman–Crippen MR) is 83.7 cm³/mol. The van der Waals surface area contributed by atoms with Crippen LogP contribution in [-0.2, 0) is 11.3 Å². The Morgan fingerprint density at radius 1 is 1.55 bits per heavy atom. The van der Waals surface area contributed by atoms with Gasteiger partial charge in [0.15, 0.2) is 0 Å². The Morgan fingerprint density at radius 3 is 2.80 bits per heavy atom. The van der Waals surface area contributed by atoms with Crippen molar-refractivity contribution < 1.29 is 9.90 Å². The average Bonchev–Trinajstić information content (AvgIpc) is 2.90. The van der Waals surface area contributed by atoms with Gasteiger partial charge >= 0.3 is 0 Å². The summed E-state index contributed by atoms with van der Waals surface area (Å²) in [6, 6.07) is 4.25. The van der Waals surface area contributed by atoms with Crippen molar-refractivity contribution in [2.45, 2.75) is 26.4 Å². The van der Waals surface area contributed by atoms with Crippen LogP contribution in [0.25, 0.3) is 0 Å². The number of carbonyl (C=O) groups excluding carboxylic acids is 1. The van der Waals surface area contributed by atoms with Crippen LogP contribution in [0.5, 0.6) is 0 Å². The second-order valence-electron chi connectivity index (χ2n) is 4.93. The Kier molecular flexibility index (Phi) is 7.51. The molecule has 0 atom stereocenters. The first-order chi connectivity index (χ1) is 9.58. The van der Waals surface area contributed by atoms with E-state index in [0.29, 0.717) is 26.2 Å². The maximum Gasteiger partial charge on any atom is 0.237 e. The van der Waals surface area contributed by atoms with Gasteiger partial charge < -0.3 is 10.0 Å². The molecule has 1 amide bonds. The van der Waals surface area contributed by atoms with E-state index in [1.54, 1.807) is 22.3 Å². The molecular formula is C15H24N2O2S. The minimum Gasteiger partial charge on any atom is -0.395 e. The Hall–Kier alpha value is -1.17. The molecular weight excluding hydrogens is 272 g/mol. The summed E-state index contributed by atoms with van der Waals surface area (Å²) in [5, 5.41) is 11.1. The Morgan fingerprint density at radius 2 is 2.30 bits per heavy atom. The third-order valence-corrected chi connectivity index (χ3v) is 3.95. The van der Waals surface area contributed by atoms with Crippen molar-refractivity contribution in [3.05, 3.63) is 35.0 Å². The van der Waals surface area contributed by atoms with E-state index in [0.717, 1.165) is 0 Å². The van der Waals surface area contributed by atoms with Crippen molar-refractivity contribution in [3.8, 4) is 0 Å². The van der Waals surface area contributed by atoms with Gasteiger partial charge in [-0.25, -0.2) is 0 Å². The van der Waals surface area contributed by atoms with Gasteiger partial charge in [-0.1, -0.05) is 12.1 Å². The van der Waals surface area contributed by atoms with Crippen LogP contribution >= 0.6 is 11.3 Å². The highest BCUT2D eigenvalue weighted by Crippen LogP contribution is 2.12. The van der Waals surface area contributed by atoms with Crippen molar-refractivity contribution in [2.75, 3.05) is 26.2 Å². The van der Waals surface area contributed by atoms with Gasteiger partial charge in [0.1, 0.15) is 0 Å². The first-order valence-electron chi connectivity index (χ1n) is 6.84. The molecule has 0 spiro atoms. The van der Waals surface area contributed by atoms with Crippen molar-refractivity contribution >= 4 is 17.2 Å². The number of amides is 1. The summed E-state index contributed by atoms with van der Waals surface area (Å²) in [5.74, 6) is 0.0699. The topological polar surface area (TPSA) is 43.8 Å². The van der Waals surface area contributed by atoms with Gasteiger partial charge in [0.05, 0.1) is 19.7 Å². The van der Waals surface area contributed by atoms with Gasteiger partial charge in [0, 0.05) is 24.0 Å². The Bertz CT molecular complexity index is 404. The van der Waals surface area contributed by atoms with Crippen LogP contribution in [0.1, 0.15) is 18.7 Å². The lowest BCUT2D eigenvalue weighted by atomic mass is 10.3. The second kappa shape index (κ2) is 8.89. The van der Waals surface area contributed by atoms with Gasteiger partial charge in [-0.3, -0.25) is 9.69 Å². The molecule has 112 valence electrons. The molecule has 0 fully saturated rings. The molecule has 0 unspecified atom stereocenters. The molecule has 5 heteroatoms. The molecule has 0 saturated heterocycles. The molecule has 0 saturated carbocycles. The van der Waals surface area contributed by atoms with E-state index < -0.39 is 0 Å². The van der Waals surface area contributed by atoms with E-state index >= 15 is 0 Å². The fourth-order valence-electron chi connectivity index (χ4n) is 1.92. The van der Waals surface area contributed by atoms with Crippen LogP contribution in [0.4, 0.5) is 0 Å². The van der Waals surface area contributed by atoms with Crippen molar-refractivity contribution in [2.24, 2.45) is 0 Å². The number of rotatable bonds is 9. The lowest BCUT2D eigenvalue weighted by Crippen LogP contribution is -2.43. The largest absolute Gasteiger partial charge is 0.395 e. The van der Waals surface area contributed by atoms with Crippen LogP contribution in [0.2, 0.25) is 0 Å². The van der Waals surface area contributed by atoms with Gasteiger partial charge in [-0.2, -0.15) is 0 Å². The van der Waals surface area contributed by atoms with E-state index in [-0.39, 0.29) is 18.6 Å². The molecule has 0 radical (unpaired) electrons. The molecule has 0 aromatic carbocycles. The van der Waals surface area contributed by atoms with Gasteiger partial charge in [0.2, 0.25) is 5.91 Å². The van der Waals surface area contributed by atoms with Gasteiger partial charge in [-0.05, 0) is 25.3 Å². The van der Waals surface area contributed by atoms with Crippen molar-refractivity contribution in [3.63, 3.8) is 0 Å². The minimum atomic E-state index is 0.0673. The SMILES string of the molecule is C=CCN(Cc1cccs1)C(=O)CN(CCO)C(C)C. The fraction of sp³-hybridized carbons (Fsp3) is 0.533. The molecule has 0 aliphatic heterocycles. The Labute approximate surface area is 125 Å². The standard InChI is InChI=1S/C15H24N2O2S/c1-4-7-17(11-14-6-5-10-20-14)15(19)12-16(8-9-18)13(2)3/h4-6,10,13,18H,1,7-9,11-12H2,2-3H3. The van der Waals surface area contributed by atoms with E-state index in [1.165, 1.54) is 4.88 Å². The average molecular weight is 296 g/mol. The van der Waals surface area contributed by atoms with E-state index in [1.807, 2.05) is 36.3 Å². The molecule has 0 aliphatic rings. The van der Waals surface area contributed by atoms with Crippen LogP contribution in [0.3, 0.4) is 0 Å². The number of hydrogen-bond donors (Lipinski definition) is 1. The maximum absolute atomic E-state index is 12.4. The van der Waals surface area contributed by atoms with Crippen LogP contribution in [0.15, 0.2) is 30.2 Å². The third kappa shape index (κ3) is 5.45. The van der Waals surface area contributed by atoms with Crippen LogP contribution in [-0.4, -0.2) is 53.1 Å². The zero-order valence-corrected chi connectivity index (χ0v) is 13.1. The lowest BCUT2D eigenvalue weighted by Gasteiger charge is -2.28. The first-order valence-corrected chi connectivity index (χ1v) is 7.72. The van der Waals surface area contributed by atoms with Gasteiger partial charge in [0.25, 0.3) is 0 Å². The monoisotopic (exact) mass is 296 g/mol. The number of hydrogen-bond acceptors (Lipinski definition) is 4. The number of thiophene rings is 1. The second-order valence-corrected chi connectivity index (χ2v) is 5.96. The number of aliphatic hydroxyl groups excluding tert-OH is 1. The third-order valence-electron chi connectivity index (χ3n) is 3.08. The molecule has 1 heterocycles. The zero-order chi connectivity index (χ0) is 15.0. The molecule has 20 heavy (non-hydrogen) atoms. The summed E-state index contributed by atoms with van der Waals surface area (Å²) in [6.07, 6.45) is 1.75. The van der Waals surface area contributed by atoms with E-state index in [4.69, 9.17) is 5.11 Å². The van der Waals surface area contributed by atoms with Crippen molar-refractivity contribution in [1.29, 1.82) is 0 Å². The zero-order valence-electron chi connectivity index (χ0n) is 12.3. The van der Waals surface area contributed by atoms with E-state index in [9.17, 15) is 4.79 Å². The molecule has 1 rings (SSSR count). The molecule has 1 aromatic heterocycles. The highest BCUT2D eigenvalue weighted by Gasteiger charge is 2.18. The summed E-state index contributed by atoms with van der Waals surface area (Å²) in [5.41, 5.74) is 0. The molecule has 0 bridgehead atoms.